The minimum absolute atomic E-state index is 0.0422. The fourth-order valence-electron chi connectivity index (χ4n) is 1.16. The molecule has 0 aliphatic rings. The molecular formula is C14H19NO2S. The van der Waals surface area contributed by atoms with Gasteiger partial charge in [-0.2, -0.15) is 0 Å². The van der Waals surface area contributed by atoms with Crippen molar-refractivity contribution in [3.63, 3.8) is 0 Å². The van der Waals surface area contributed by atoms with Gasteiger partial charge in [0.1, 0.15) is 0 Å². The second-order valence-corrected chi connectivity index (χ2v) is 6.10. The van der Waals surface area contributed by atoms with Gasteiger partial charge in [-0.3, -0.25) is 9.59 Å². The Morgan fingerprint density at radius 1 is 1.17 bits per heavy atom. The van der Waals surface area contributed by atoms with Gasteiger partial charge in [0.15, 0.2) is 5.78 Å². The molecule has 0 unspecified atom stereocenters. The summed E-state index contributed by atoms with van der Waals surface area (Å²) in [5, 5.41) is 2.65. The van der Waals surface area contributed by atoms with Gasteiger partial charge in [0.25, 0.3) is 0 Å². The van der Waals surface area contributed by atoms with Crippen molar-refractivity contribution < 1.29 is 9.59 Å². The van der Waals surface area contributed by atoms with Crippen molar-refractivity contribution in [2.75, 3.05) is 12.3 Å². The predicted molar refractivity (Wildman–Crippen MR) is 74.6 cm³/mol. The molecule has 1 aromatic rings. The fourth-order valence-corrected chi connectivity index (χ4v) is 1.91. The molecule has 0 aliphatic heterocycles. The second kappa shape index (κ2) is 6.59. The quantitative estimate of drug-likeness (QED) is 0.832. The molecule has 18 heavy (non-hydrogen) atoms. The van der Waals surface area contributed by atoms with Crippen LogP contribution in [0.25, 0.3) is 0 Å². The van der Waals surface area contributed by atoms with Crippen molar-refractivity contribution in [3.8, 4) is 0 Å². The summed E-state index contributed by atoms with van der Waals surface area (Å²) in [7, 11) is 0. The van der Waals surface area contributed by atoms with Crippen LogP contribution in [0, 0.1) is 5.41 Å². The van der Waals surface area contributed by atoms with Crippen LogP contribution in [0.4, 0.5) is 0 Å². The summed E-state index contributed by atoms with van der Waals surface area (Å²) in [6.45, 7) is 5.65. The van der Waals surface area contributed by atoms with E-state index < -0.39 is 5.41 Å². The lowest BCUT2D eigenvalue weighted by atomic mass is 9.91. The number of hydrogen-bond donors (Lipinski definition) is 1. The van der Waals surface area contributed by atoms with Gasteiger partial charge in [0, 0.05) is 10.3 Å². The first-order valence-corrected chi connectivity index (χ1v) is 6.86. The first-order chi connectivity index (χ1) is 8.39. The molecule has 4 heteroatoms. The van der Waals surface area contributed by atoms with Gasteiger partial charge in [-0.15, -0.1) is 11.8 Å². The highest BCUT2D eigenvalue weighted by Crippen LogP contribution is 2.16. The molecule has 1 amide bonds. The summed E-state index contributed by atoms with van der Waals surface area (Å²) >= 11 is 1.46. The SMILES string of the molecule is CC(C)(C)C(=O)CNC(=O)CSc1ccccc1. The first-order valence-electron chi connectivity index (χ1n) is 5.87. The van der Waals surface area contributed by atoms with Crippen LogP contribution in [0.1, 0.15) is 20.8 Å². The summed E-state index contributed by atoms with van der Waals surface area (Å²) in [6, 6.07) is 9.72. The smallest absolute Gasteiger partial charge is 0.230 e. The van der Waals surface area contributed by atoms with Gasteiger partial charge >= 0.3 is 0 Å². The van der Waals surface area contributed by atoms with Crippen molar-refractivity contribution >= 4 is 23.5 Å². The van der Waals surface area contributed by atoms with Crippen molar-refractivity contribution in [2.45, 2.75) is 25.7 Å². The summed E-state index contributed by atoms with van der Waals surface area (Å²) in [5.74, 6) is 0.267. The lowest BCUT2D eigenvalue weighted by molar-refractivity contribution is -0.128. The summed E-state index contributed by atoms with van der Waals surface area (Å²) < 4.78 is 0. The molecule has 0 radical (unpaired) electrons. The van der Waals surface area contributed by atoms with Crippen molar-refractivity contribution in [1.82, 2.24) is 5.32 Å². The number of carbonyl (C=O) groups excluding carboxylic acids is 2. The number of rotatable bonds is 5. The maximum absolute atomic E-state index is 11.6. The molecule has 1 aromatic carbocycles. The summed E-state index contributed by atoms with van der Waals surface area (Å²) in [4.78, 5) is 24.2. The van der Waals surface area contributed by atoms with E-state index in [1.54, 1.807) is 0 Å². The van der Waals surface area contributed by atoms with Gasteiger partial charge in [-0.1, -0.05) is 39.0 Å². The molecule has 0 aromatic heterocycles. The highest BCUT2D eigenvalue weighted by atomic mass is 32.2. The van der Waals surface area contributed by atoms with Crippen LogP contribution in [0.2, 0.25) is 0 Å². The molecule has 0 spiro atoms. The number of amides is 1. The Morgan fingerprint density at radius 2 is 1.78 bits per heavy atom. The molecule has 0 heterocycles. The summed E-state index contributed by atoms with van der Waals surface area (Å²) in [6.07, 6.45) is 0. The fraction of sp³-hybridized carbons (Fsp3) is 0.429. The lowest BCUT2D eigenvalue weighted by Gasteiger charge is -2.16. The molecule has 1 rings (SSSR count). The standard InChI is InChI=1S/C14H19NO2S/c1-14(2,3)12(16)9-15-13(17)10-18-11-7-5-4-6-8-11/h4-8H,9-10H2,1-3H3,(H,15,17). The average molecular weight is 265 g/mol. The Morgan fingerprint density at radius 3 is 2.33 bits per heavy atom. The van der Waals surface area contributed by atoms with Crippen LogP contribution >= 0.6 is 11.8 Å². The Labute approximate surface area is 112 Å². The molecule has 0 aliphatic carbocycles. The molecule has 0 atom stereocenters. The predicted octanol–water partition coefficient (Wildman–Crippen LogP) is 2.51. The van der Waals surface area contributed by atoms with E-state index in [2.05, 4.69) is 5.32 Å². The van der Waals surface area contributed by atoms with E-state index in [1.807, 2.05) is 51.1 Å². The average Bonchev–Trinajstić information content (AvgIpc) is 2.33. The van der Waals surface area contributed by atoms with E-state index in [1.165, 1.54) is 11.8 Å². The van der Waals surface area contributed by atoms with Crippen LogP contribution < -0.4 is 5.32 Å². The molecule has 0 saturated carbocycles. The van der Waals surface area contributed by atoms with Gasteiger partial charge in [0.05, 0.1) is 12.3 Å². The minimum Gasteiger partial charge on any atom is -0.348 e. The zero-order valence-corrected chi connectivity index (χ0v) is 11.8. The van der Waals surface area contributed by atoms with Crippen LogP contribution in [-0.4, -0.2) is 24.0 Å². The second-order valence-electron chi connectivity index (χ2n) is 5.05. The zero-order chi connectivity index (χ0) is 13.6. The van der Waals surface area contributed by atoms with Crippen LogP contribution in [0.5, 0.6) is 0 Å². The molecule has 0 bridgehead atoms. The molecular weight excluding hydrogens is 246 g/mol. The number of ketones is 1. The monoisotopic (exact) mass is 265 g/mol. The van der Waals surface area contributed by atoms with Crippen LogP contribution in [0.15, 0.2) is 35.2 Å². The van der Waals surface area contributed by atoms with Crippen LogP contribution in [-0.2, 0) is 9.59 Å². The van der Waals surface area contributed by atoms with Gasteiger partial charge in [0.2, 0.25) is 5.91 Å². The molecule has 3 nitrogen and oxygen atoms in total. The minimum atomic E-state index is -0.403. The maximum Gasteiger partial charge on any atom is 0.230 e. The van der Waals surface area contributed by atoms with Crippen molar-refractivity contribution in [1.29, 1.82) is 0 Å². The Kier molecular flexibility index (Phi) is 5.41. The number of carbonyl (C=O) groups is 2. The highest BCUT2D eigenvalue weighted by molar-refractivity contribution is 8.00. The Hall–Kier alpha value is -1.29. The number of benzene rings is 1. The van der Waals surface area contributed by atoms with E-state index in [0.717, 1.165) is 4.90 Å². The third-order valence-electron chi connectivity index (χ3n) is 2.40. The number of nitrogens with one attached hydrogen (secondary N) is 1. The molecule has 0 fully saturated rings. The zero-order valence-electron chi connectivity index (χ0n) is 11.0. The third-order valence-corrected chi connectivity index (χ3v) is 3.41. The molecule has 98 valence electrons. The first kappa shape index (κ1) is 14.8. The topological polar surface area (TPSA) is 46.2 Å². The number of thioether (sulfide) groups is 1. The largest absolute Gasteiger partial charge is 0.348 e. The molecule has 1 N–H and O–H groups in total. The van der Waals surface area contributed by atoms with E-state index in [9.17, 15) is 9.59 Å². The number of Topliss-reactive ketones (excluding diaryl/α,β-unsaturated/α-hetero) is 1. The van der Waals surface area contributed by atoms with E-state index >= 15 is 0 Å². The number of hydrogen-bond acceptors (Lipinski definition) is 3. The normalized spacial score (nSPS) is 11.1. The van der Waals surface area contributed by atoms with Gasteiger partial charge < -0.3 is 5.32 Å². The van der Waals surface area contributed by atoms with Gasteiger partial charge in [-0.05, 0) is 12.1 Å². The maximum atomic E-state index is 11.6. The Balaban J connectivity index is 2.29. The lowest BCUT2D eigenvalue weighted by Crippen LogP contribution is -2.36. The van der Waals surface area contributed by atoms with Crippen molar-refractivity contribution in [3.05, 3.63) is 30.3 Å². The highest BCUT2D eigenvalue weighted by Gasteiger charge is 2.21. The van der Waals surface area contributed by atoms with Gasteiger partial charge in [-0.25, -0.2) is 0 Å². The van der Waals surface area contributed by atoms with E-state index in [-0.39, 0.29) is 18.2 Å². The van der Waals surface area contributed by atoms with E-state index in [4.69, 9.17) is 0 Å². The third kappa shape index (κ3) is 5.36. The summed E-state index contributed by atoms with van der Waals surface area (Å²) in [5.41, 5.74) is -0.403. The van der Waals surface area contributed by atoms with E-state index in [0.29, 0.717) is 5.75 Å². The van der Waals surface area contributed by atoms with Crippen LogP contribution in [0.3, 0.4) is 0 Å². The Bertz CT molecular complexity index is 410. The van der Waals surface area contributed by atoms with Crippen molar-refractivity contribution in [2.24, 2.45) is 5.41 Å². The molecule has 0 saturated heterocycles.